The van der Waals surface area contributed by atoms with Crippen molar-refractivity contribution >= 4 is 90.5 Å². The minimum Gasteiger partial charge on any atom is -0.394 e. The summed E-state index contributed by atoms with van der Waals surface area (Å²) >= 11 is 0. The van der Waals surface area contributed by atoms with E-state index in [1.807, 2.05) is 0 Å². The zero-order valence-electron chi connectivity index (χ0n) is 59.8. The minimum atomic E-state index is -5.57. The molecule has 14 heterocycles. The number of fused-ring (bicyclic) bond motifs is 2. The van der Waals surface area contributed by atoms with Crippen LogP contribution in [-0.4, -0.2) is 225 Å². The van der Waals surface area contributed by atoms with Crippen LogP contribution in [0.15, 0.2) is 92.3 Å². The Bertz CT molecular complexity index is 5550. The highest BCUT2D eigenvalue weighted by Gasteiger charge is 2.51. The van der Waals surface area contributed by atoms with Crippen LogP contribution in [0.2, 0.25) is 0 Å². The van der Waals surface area contributed by atoms with Crippen LogP contribution < -0.4 is 57.0 Å². The number of hydrogen-bond acceptors (Lipinski definition) is 42. The predicted molar refractivity (Wildman–Crippen MR) is 382 cm³/mol. The fraction of sp³-hybridized carbons (Fsp3) is 0.544. The van der Waals surface area contributed by atoms with Crippen LogP contribution in [0.4, 0.5) is 29.1 Å². The smallest absolute Gasteiger partial charge is 0.394 e. The molecule has 8 aromatic heterocycles. The van der Waals surface area contributed by atoms with Crippen LogP contribution in [0.5, 0.6) is 0 Å². The zero-order chi connectivity index (χ0) is 82.7. The van der Waals surface area contributed by atoms with Crippen molar-refractivity contribution in [2.45, 2.75) is 156 Å². The number of nitrogen functional groups attached to an aromatic ring is 5. The molecule has 116 heavy (non-hydrogen) atoms. The first-order valence-corrected chi connectivity index (χ1v) is 42.1. The largest absolute Gasteiger partial charge is 0.472 e. The second-order valence-electron chi connectivity index (χ2n) is 26.8. The number of phosphoric ester groups is 5. The van der Waals surface area contributed by atoms with E-state index in [-0.39, 0.29) is 69.8 Å². The number of nitrogens with one attached hydrogen (secondary N) is 1. The van der Waals surface area contributed by atoms with Gasteiger partial charge in [-0.3, -0.25) is 82.4 Å². The molecule has 0 aliphatic carbocycles. The summed E-state index contributed by atoms with van der Waals surface area (Å²) in [5, 5.41) is 20.9. The Morgan fingerprint density at radius 3 is 1.08 bits per heavy atom. The number of H-pyrrole nitrogens is 1. The first-order valence-electron chi connectivity index (χ1n) is 34.7. The Kier molecular flexibility index (Phi) is 24.5. The maximum Gasteiger partial charge on any atom is 0.472 e. The summed E-state index contributed by atoms with van der Waals surface area (Å²) in [6, 6.07) is 3.74. The van der Waals surface area contributed by atoms with E-state index in [0.717, 1.165) is 37.1 Å². The van der Waals surface area contributed by atoms with Crippen molar-refractivity contribution in [1.29, 1.82) is 0 Å². The van der Waals surface area contributed by atoms with Crippen molar-refractivity contribution in [1.82, 2.24) is 77.2 Å². The van der Waals surface area contributed by atoms with Crippen molar-refractivity contribution in [2.24, 2.45) is 0 Å². The Hall–Kier alpha value is -8.35. The highest BCUT2D eigenvalue weighted by Crippen LogP contribution is 2.56. The van der Waals surface area contributed by atoms with Crippen molar-refractivity contribution in [3.8, 4) is 0 Å². The zero-order valence-corrected chi connectivity index (χ0v) is 64.3. The van der Waals surface area contributed by atoms with Gasteiger partial charge in [0.2, 0.25) is 0 Å². The molecule has 0 radical (unpaired) electrons. The molecule has 6 saturated heterocycles. The molecule has 0 bridgehead atoms. The summed E-state index contributed by atoms with van der Waals surface area (Å²) < 4.78 is 168. The lowest BCUT2D eigenvalue weighted by Gasteiger charge is -2.26. The Morgan fingerprint density at radius 2 is 0.733 bits per heavy atom. The quantitative estimate of drug-likeness (QED) is 0.0199. The molecule has 59 heteroatoms. The third-order valence-corrected chi connectivity index (χ3v) is 24.0. The molecule has 54 nitrogen and oxygen atoms in total. The molecule has 0 aromatic carbocycles. The van der Waals surface area contributed by atoms with Gasteiger partial charge in [-0.25, -0.2) is 71.9 Å². The SMILES string of the molecule is Cc1cn([C@H]2C[C@H](OP(=O)(O)OC[C@H]3O[C@@H](n4ccc(N)nc4=O)C[C@@H]3OP(=O)(O)OC[C@H]3O[C@@H](n4cnc5c(N)ncnc54)C[C@@H]3OP(=O)(O)OC[C@H]3O[C@@H](n4cnc5c(N)ncnc54)C[C@@H]3OP(=O)(O)OC[C@H]3O[C@@H](n4ccc(N)nc4=O)C[C@@H]3OP(=O)(O)OC[C@H]3O[C@@H](n4ccc(N)nc4=O)C[C@@H]3O)[C@@H](CO)O2)c(=O)[nH]c1=O. The number of rotatable bonds is 32. The topological polar surface area (TPSA) is 751 Å². The van der Waals surface area contributed by atoms with E-state index < -0.39 is 243 Å². The predicted octanol–water partition coefficient (Wildman–Crippen LogP) is -2.20. The van der Waals surface area contributed by atoms with Crippen LogP contribution in [0, 0.1) is 6.92 Å². The van der Waals surface area contributed by atoms with Gasteiger partial charge in [0, 0.05) is 68.9 Å². The number of aliphatic hydroxyl groups excluding tert-OH is 2. The van der Waals surface area contributed by atoms with Crippen molar-refractivity contribution < 1.29 is 131 Å². The fourth-order valence-electron chi connectivity index (χ4n) is 13.5. The van der Waals surface area contributed by atoms with E-state index in [4.69, 9.17) is 102 Å². The lowest BCUT2D eigenvalue weighted by molar-refractivity contribution is -0.0648. The van der Waals surface area contributed by atoms with E-state index in [2.05, 4.69) is 49.8 Å². The number of phosphoric acid groups is 5. The normalized spacial score (nSPS) is 30.2. The van der Waals surface area contributed by atoms with Gasteiger partial charge in [-0.05, 0) is 25.1 Å². The number of aryl methyl sites for hydroxylation is 1. The number of imidazole rings is 2. The first-order chi connectivity index (χ1) is 54.9. The minimum absolute atomic E-state index is 0.0651. The highest BCUT2D eigenvalue weighted by atomic mass is 31.2. The average molecular weight is 1740 g/mol. The van der Waals surface area contributed by atoms with Gasteiger partial charge >= 0.3 is 61.9 Å². The highest BCUT2D eigenvalue weighted by molar-refractivity contribution is 7.48. The number of nitrogens with two attached hydrogens (primary N) is 5. The second-order valence-corrected chi connectivity index (χ2v) is 33.8. The summed E-state index contributed by atoms with van der Waals surface area (Å²) in [4.78, 5) is 158. The Morgan fingerprint density at radius 1 is 0.431 bits per heavy atom. The van der Waals surface area contributed by atoms with Crippen molar-refractivity contribution in [3.05, 3.63) is 126 Å². The summed E-state index contributed by atoms with van der Waals surface area (Å²) in [6.07, 6.45) is -19.6. The molecule has 630 valence electrons. The molecule has 6 aliphatic heterocycles. The van der Waals surface area contributed by atoms with Gasteiger partial charge in [-0.15, -0.1) is 0 Å². The molecule has 14 rings (SSSR count). The van der Waals surface area contributed by atoms with Crippen LogP contribution in [-0.2, 0) is 96.5 Å². The van der Waals surface area contributed by atoms with Gasteiger partial charge in [0.25, 0.3) is 5.56 Å². The molecule has 0 amide bonds. The number of anilines is 5. The van der Waals surface area contributed by atoms with E-state index in [1.165, 1.54) is 65.5 Å². The molecular weight excluding hydrogens is 1660 g/mol. The van der Waals surface area contributed by atoms with E-state index >= 15 is 0 Å². The fourth-order valence-corrected chi connectivity index (χ4v) is 18.3. The number of aliphatic hydroxyl groups is 2. The number of hydrogen-bond donors (Lipinski definition) is 13. The third kappa shape index (κ3) is 19.2. The molecule has 8 aromatic rings. The van der Waals surface area contributed by atoms with Crippen molar-refractivity contribution in [3.63, 3.8) is 0 Å². The monoisotopic (exact) mass is 1740 g/mol. The van der Waals surface area contributed by atoms with Gasteiger partial charge in [0.1, 0.15) is 146 Å². The van der Waals surface area contributed by atoms with Gasteiger partial charge in [0.15, 0.2) is 22.9 Å². The summed E-state index contributed by atoms with van der Waals surface area (Å²) in [5.74, 6) is -0.624. The van der Waals surface area contributed by atoms with Gasteiger partial charge in [-0.1, -0.05) is 0 Å². The van der Waals surface area contributed by atoms with E-state index in [0.29, 0.717) is 0 Å². The second kappa shape index (κ2) is 33.8. The lowest BCUT2D eigenvalue weighted by atomic mass is 10.2. The molecule has 0 spiro atoms. The van der Waals surface area contributed by atoms with Gasteiger partial charge in [0.05, 0.1) is 58.4 Å². The lowest BCUT2D eigenvalue weighted by Crippen LogP contribution is -2.33. The van der Waals surface area contributed by atoms with Gasteiger partial charge in [-0.2, -0.15) is 15.0 Å². The van der Waals surface area contributed by atoms with Crippen LogP contribution in [0.3, 0.4) is 0 Å². The maximum atomic E-state index is 14.5. The van der Waals surface area contributed by atoms with Crippen molar-refractivity contribution in [2.75, 3.05) is 68.3 Å². The number of nitrogens with zero attached hydrogens (tertiary/aromatic N) is 15. The molecule has 6 fully saturated rings. The Balaban J connectivity index is 0.662. The molecule has 18 N–H and O–H groups in total. The molecule has 23 atom stereocenters. The molecule has 6 aliphatic rings. The number of aromatic nitrogens is 16. The first kappa shape index (κ1) is 84.1. The summed E-state index contributed by atoms with van der Waals surface area (Å²) in [5.41, 5.74) is 25.2. The molecule has 0 saturated carbocycles. The number of aromatic amines is 1. The standard InChI is InChI=1S/C57H74N21O33P5/c1-25-14-76(57(85)72-53(25)81)44-9-27(32(15-79)101-44)107-113(88,89)97-17-34-29(11-43(103-34)75-7-4-40(60)71-56(75)84)109-114(90,91)99-19-36-31(13-46(105-36)78-24-68-48-50(62)64-22-66-52(48)78)111-116(94,95)100-20-37-30(12-45(106-37)77-23-67-47-49(61)63-21-65-51(47)77)110-115(92,93)98-18-35-28(10-42(104-35)74-6-3-39(59)70-55(74)83)108-112(86,87)96-16-33-26(80)8-41(102-33)73-5-2-38(58)69-54(73)82/h2-7,14,21-24,26-37,41-46,79-80H,8-13,15-20H2,1H3,(H,86,87)(H,88,89)(H,90,91)(H,92,93)(H,94,95)(H2,58,69,82)(H2,59,70,83)(H2,60,71,84)(H2,61,63,65)(H2,62,64,66)(H,72,81,85)/t26-,27-,28-,29-,30-,31-,32+,33+,34+,35+,36+,37+,41+,42+,43+,44+,45+,46+/m0/s1. The number of ether oxygens (including phenoxy) is 6. The third-order valence-electron chi connectivity index (χ3n) is 19.0. The van der Waals surface area contributed by atoms with E-state index in [9.17, 15) is 81.5 Å². The molecule has 5 unspecified atom stereocenters. The molecular formula is C57H74N21O33P5. The average Bonchev–Trinajstić information content (AvgIpc) is 1.64. The van der Waals surface area contributed by atoms with Crippen LogP contribution >= 0.6 is 39.1 Å². The van der Waals surface area contributed by atoms with Crippen LogP contribution in [0.25, 0.3) is 22.3 Å². The van der Waals surface area contributed by atoms with E-state index in [1.54, 1.807) is 0 Å². The maximum absolute atomic E-state index is 14.5. The summed E-state index contributed by atoms with van der Waals surface area (Å²) in [7, 11) is -27.2. The van der Waals surface area contributed by atoms with Gasteiger partial charge < -0.3 is 91.8 Å². The summed E-state index contributed by atoms with van der Waals surface area (Å²) in [6.45, 7) is -4.34. The Labute approximate surface area is 647 Å². The van der Waals surface area contributed by atoms with Crippen LogP contribution in [0.1, 0.15) is 81.5 Å².